The van der Waals surface area contributed by atoms with Crippen molar-refractivity contribution in [2.24, 2.45) is 0 Å². The first-order valence-corrected chi connectivity index (χ1v) is 10.5. The van der Waals surface area contributed by atoms with Crippen LogP contribution in [0.1, 0.15) is 36.9 Å². The number of carbonyl (C=O) groups is 1. The smallest absolute Gasteiger partial charge is 0.226 e. The lowest BCUT2D eigenvalue weighted by Gasteiger charge is -2.31. The fraction of sp³-hybridized carbons (Fsp3) is 0.300. The Kier molecular flexibility index (Phi) is 4.87. The van der Waals surface area contributed by atoms with Crippen LogP contribution in [0.3, 0.4) is 0 Å². The summed E-state index contributed by atoms with van der Waals surface area (Å²) in [5.41, 5.74) is 1.41. The highest BCUT2D eigenvalue weighted by atomic mass is 32.1. The second kappa shape index (κ2) is 7.29. The minimum Gasteiger partial charge on any atom is -0.346 e. The van der Waals surface area contributed by atoms with Crippen molar-refractivity contribution in [2.75, 3.05) is 0 Å². The van der Waals surface area contributed by atoms with E-state index in [9.17, 15) is 9.18 Å². The summed E-state index contributed by atoms with van der Waals surface area (Å²) < 4.78 is 13.3. The number of halogens is 1. The molecule has 3 aromatic rings. The maximum atomic E-state index is 13.3. The molecule has 1 fully saturated rings. The fourth-order valence-corrected chi connectivity index (χ4v) is 5.24. The number of thiophene rings is 1. The molecule has 0 atom stereocenters. The summed E-state index contributed by atoms with van der Waals surface area (Å²) in [6.45, 7) is 0. The molecule has 1 aromatic carbocycles. The van der Waals surface area contributed by atoms with E-state index in [-0.39, 0.29) is 23.7 Å². The van der Waals surface area contributed by atoms with Gasteiger partial charge in [-0.15, -0.1) is 22.7 Å². The molecular weight excluding hydrogens is 367 g/mol. The van der Waals surface area contributed by atoms with Gasteiger partial charge in [0.1, 0.15) is 10.8 Å². The van der Waals surface area contributed by atoms with Gasteiger partial charge in [-0.2, -0.15) is 0 Å². The van der Waals surface area contributed by atoms with Crippen LogP contribution in [0.5, 0.6) is 0 Å². The van der Waals surface area contributed by atoms with Gasteiger partial charge in [0.2, 0.25) is 5.91 Å². The molecule has 2 aromatic heterocycles. The van der Waals surface area contributed by atoms with Crippen LogP contribution in [0.2, 0.25) is 0 Å². The molecule has 1 aliphatic rings. The Morgan fingerprint density at radius 3 is 2.62 bits per heavy atom. The molecule has 3 nitrogen and oxygen atoms in total. The zero-order valence-electron chi connectivity index (χ0n) is 14.2. The third kappa shape index (κ3) is 3.57. The number of hydrogen-bond donors (Lipinski definition) is 1. The van der Waals surface area contributed by atoms with E-state index in [4.69, 9.17) is 0 Å². The molecule has 0 spiro atoms. The van der Waals surface area contributed by atoms with Gasteiger partial charge < -0.3 is 5.32 Å². The molecular formula is C20H19FN2OS2. The highest BCUT2D eigenvalue weighted by molar-refractivity contribution is 7.20. The maximum absolute atomic E-state index is 13.3. The summed E-state index contributed by atoms with van der Waals surface area (Å²) in [5, 5.41) is 8.16. The molecule has 0 bridgehead atoms. The molecule has 0 unspecified atom stereocenters. The molecule has 26 heavy (non-hydrogen) atoms. The van der Waals surface area contributed by atoms with E-state index in [0.29, 0.717) is 0 Å². The Bertz CT molecular complexity index is 881. The van der Waals surface area contributed by atoms with E-state index in [0.717, 1.165) is 46.8 Å². The van der Waals surface area contributed by atoms with Crippen LogP contribution in [0.4, 0.5) is 4.39 Å². The van der Waals surface area contributed by atoms with Crippen LogP contribution in [-0.4, -0.2) is 10.9 Å². The van der Waals surface area contributed by atoms with Gasteiger partial charge in [0.05, 0.1) is 22.5 Å². The summed E-state index contributed by atoms with van der Waals surface area (Å²) in [7, 11) is 0. The Morgan fingerprint density at radius 1 is 1.15 bits per heavy atom. The molecule has 1 amide bonds. The topological polar surface area (TPSA) is 42.0 Å². The second-order valence-electron chi connectivity index (χ2n) is 6.64. The molecule has 0 saturated heterocycles. The number of thiazole rings is 1. The van der Waals surface area contributed by atoms with Gasteiger partial charge in [0.15, 0.2) is 0 Å². The van der Waals surface area contributed by atoms with E-state index in [1.165, 1.54) is 12.1 Å². The lowest BCUT2D eigenvalue weighted by Crippen LogP contribution is -2.44. The second-order valence-corrected chi connectivity index (χ2v) is 8.45. The van der Waals surface area contributed by atoms with E-state index >= 15 is 0 Å². The standard InChI is InChI=1S/C20H19FN2OS2/c21-15-7-5-14(6-8-15)20(9-1-2-10-20)23-18(24)12-16-13-26-19(22-16)17-4-3-11-25-17/h3-8,11,13H,1-2,9-10,12H2,(H,23,24). The first-order chi connectivity index (χ1) is 12.6. The Hall–Kier alpha value is -2.05. The minimum absolute atomic E-state index is 0.0285. The lowest BCUT2D eigenvalue weighted by atomic mass is 9.88. The van der Waals surface area contributed by atoms with Crippen molar-refractivity contribution in [3.8, 4) is 9.88 Å². The minimum atomic E-state index is -0.378. The summed E-state index contributed by atoms with van der Waals surface area (Å²) >= 11 is 3.22. The molecule has 2 heterocycles. The number of amides is 1. The first kappa shape index (κ1) is 17.4. The lowest BCUT2D eigenvalue weighted by molar-refractivity contribution is -0.122. The van der Waals surface area contributed by atoms with Crippen molar-refractivity contribution < 1.29 is 9.18 Å². The van der Waals surface area contributed by atoms with Gasteiger partial charge >= 0.3 is 0 Å². The molecule has 1 saturated carbocycles. The van der Waals surface area contributed by atoms with Gasteiger partial charge in [0, 0.05) is 5.38 Å². The molecule has 6 heteroatoms. The number of hydrogen-bond acceptors (Lipinski definition) is 4. The summed E-state index contributed by atoms with van der Waals surface area (Å²) in [4.78, 5) is 18.4. The molecule has 1 N–H and O–H groups in total. The van der Waals surface area contributed by atoms with E-state index in [1.54, 1.807) is 34.8 Å². The zero-order chi connectivity index (χ0) is 18.0. The summed E-state index contributed by atoms with van der Waals surface area (Å²) in [5.74, 6) is -0.281. The average molecular weight is 387 g/mol. The van der Waals surface area contributed by atoms with Crippen molar-refractivity contribution >= 4 is 28.6 Å². The monoisotopic (exact) mass is 386 g/mol. The number of aromatic nitrogens is 1. The van der Waals surface area contributed by atoms with Gasteiger partial charge in [0.25, 0.3) is 0 Å². The van der Waals surface area contributed by atoms with Crippen molar-refractivity contribution in [3.63, 3.8) is 0 Å². The van der Waals surface area contributed by atoms with Crippen molar-refractivity contribution in [1.29, 1.82) is 0 Å². The van der Waals surface area contributed by atoms with E-state index in [2.05, 4.69) is 10.3 Å². The predicted molar refractivity (Wildman–Crippen MR) is 104 cm³/mol. The van der Waals surface area contributed by atoms with Gasteiger partial charge in [-0.1, -0.05) is 31.0 Å². The van der Waals surface area contributed by atoms with Crippen LogP contribution in [0.25, 0.3) is 9.88 Å². The van der Waals surface area contributed by atoms with Crippen molar-refractivity contribution in [2.45, 2.75) is 37.6 Å². The van der Waals surface area contributed by atoms with Crippen LogP contribution in [-0.2, 0) is 16.8 Å². The summed E-state index contributed by atoms with van der Waals surface area (Å²) in [6, 6.07) is 10.6. The van der Waals surface area contributed by atoms with Crippen LogP contribution < -0.4 is 5.32 Å². The van der Waals surface area contributed by atoms with Crippen LogP contribution in [0, 0.1) is 5.82 Å². The largest absolute Gasteiger partial charge is 0.346 e. The third-order valence-electron chi connectivity index (χ3n) is 4.86. The SMILES string of the molecule is O=C(Cc1csc(-c2cccs2)n1)NC1(c2ccc(F)cc2)CCCC1. The Labute approximate surface area is 159 Å². The van der Waals surface area contributed by atoms with Gasteiger partial charge in [-0.05, 0) is 42.0 Å². The normalized spacial score (nSPS) is 15.9. The number of benzene rings is 1. The van der Waals surface area contributed by atoms with Crippen molar-refractivity contribution in [3.05, 3.63) is 64.2 Å². The Balaban J connectivity index is 1.48. The zero-order valence-corrected chi connectivity index (χ0v) is 15.8. The molecule has 1 aliphatic carbocycles. The van der Waals surface area contributed by atoms with Crippen LogP contribution in [0.15, 0.2) is 47.2 Å². The fourth-order valence-electron chi connectivity index (χ4n) is 3.61. The molecule has 4 rings (SSSR count). The number of nitrogens with zero attached hydrogens (tertiary/aromatic N) is 1. The number of nitrogens with one attached hydrogen (secondary N) is 1. The maximum Gasteiger partial charge on any atom is 0.226 e. The predicted octanol–water partition coefficient (Wildman–Crippen LogP) is 5.14. The molecule has 134 valence electrons. The molecule has 0 radical (unpaired) electrons. The summed E-state index contributed by atoms with van der Waals surface area (Å²) in [6.07, 6.45) is 4.18. The highest BCUT2D eigenvalue weighted by Gasteiger charge is 2.37. The quantitative estimate of drug-likeness (QED) is 0.660. The van der Waals surface area contributed by atoms with E-state index < -0.39 is 0 Å². The molecule has 0 aliphatic heterocycles. The highest BCUT2D eigenvalue weighted by Crippen LogP contribution is 2.39. The van der Waals surface area contributed by atoms with E-state index in [1.807, 2.05) is 22.9 Å². The average Bonchev–Trinajstić information content (AvgIpc) is 3.37. The third-order valence-corrected chi connectivity index (χ3v) is 6.79. The first-order valence-electron chi connectivity index (χ1n) is 8.70. The van der Waals surface area contributed by atoms with Crippen molar-refractivity contribution in [1.82, 2.24) is 10.3 Å². The number of rotatable bonds is 5. The number of carbonyl (C=O) groups excluding carboxylic acids is 1. The van der Waals surface area contributed by atoms with Gasteiger partial charge in [-0.25, -0.2) is 9.37 Å². The van der Waals surface area contributed by atoms with Crippen LogP contribution >= 0.6 is 22.7 Å². The Morgan fingerprint density at radius 2 is 1.92 bits per heavy atom. The van der Waals surface area contributed by atoms with Gasteiger partial charge in [-0.3, -0.25) is 4.79 Å².